The molecule has 1 unspecified atom stereocenters. The number of imidazole rings is 1. The minimum atomic E-state index is -4.51. The van der Waals surface area contributed by atoms with E-state index in [9.17, 15) is 13.2 Å². The topological polar surface area (TPSA) is 107 Å². The Bertz CT molecular complexity index is 1560. The molecule has 14 heteroatoms. The maximum absolute atomic E-state index is 13.8. The minimum Gasteiger partial charge on any atom is -0.450 e. The number of aromatic nitrogens is 3. The van der Waals surface area contributed by atoms with Crippen molar-refractivity contribution in [1.82, 2.24) is 29.7 Å². The lowest BCUT2D eigenvalue weighted by Gasteiger charge is -2.21. The van der Waals surface area contributed by atoms with Gasteiger partial charge in [0.25, 0.3) is 0 Å². The highest BCUT2D eigenvalue weighted by Gasteiger charge is 2.32. The Kier molecular flexibility index (Phi) is 8.02. The first kappa shape index (κ1) is 28.6. The number of hydrogen-bond acceptors (Lipinski definition) is 9. The Morgan fingerprint density at radius 3 is 2.78 bits per heavy atom. The van der Waals surface area contributed by atoms with Crippen LogP contribution in [0.5, 0.6) is 5.75 Å². The minimum absolute atomic E-state index is 0.160. The number of halogens is 4. The molecule has 41 heavy (non-hydrogen) atoms. The number of nitrogens with one attached hydrogen (secondary N) is 3. The molecule has 2 aliphatic heterocycles. The Labute approximate surface area is 239 Å². The second-order valence-electron chi connectivity index (χ2n) is 10.0. The van der Waals surface area contributed by atoms with Crippen LogP contribution in [0.15, 0.2) is 53.2 Å². The number of pyridine rings is 1. The molecular formula is C27H29ClF3N9O. The van der Waals surface area contributed by atoms with Gasteiger partial charge in [-0.3, -0.25) is 9.89 Å². The molecule has 3 N–H and O–H groups in total. The number of hydrogen-bond donors (Lipinski definition) is 3. The molecule has 0 bridgehead atoms. The zero-order chi connectivity index (χ0) is 29.3. The summed E-state index contributed by atoms with van der Waals surface area (Å²) in [4.78, 5) is 17.1. The molecule has 0 radical (unpaired) electrons. The van der Waals surface area contributed by atoms with E-state index in [2.05, 4.69) is 35.4 Å². The predicted octanol–water partition coefficient (Wildman–Crippen LogP) is 4.91. The molecule has 216 valence electrons. The Morgan fingerprint density at radius 2 is 2.12 bits per heavy atom. The Morgan fingerprint density at radius 1 is 1.32 bits per heavy atom. The van der Waals surface area contributed by atoms with Gasteiger partial charge in [0, 0.05) is 50.8 Å². The van der Waals surface area contributed by atoms with Gasteiger partial charge >= 0.3 is 6.18 Å². The molecule has 1 fully saturated rings. The fraction of sp³-hybridized carbons (Fsp3) is 0.333. The zero-order valence-corrected chi connectivity index (χ0v) is 23.4. The standard InChI is InChI=1S/C27H29ClF3N9O/c1-38(2)19-4-7-40(15-19)14-16-8-17(27(29,30)31)10-18(9-16)36-26-37-25-24(39(26)3)23(28)22(13-35-25)41-21(11-32)20-12-33-5-6-34-20/h5-6,8-13,19,32,34H,4,7,14-15H2,1-3H3,(H,35,36,37)/b21-20+,32-11?. The van der Waals surface area contributed by atoms with Gasteiger partial charge < -0.3 is 30.2 Å². The molecule has 0 amide bonds. The summed E-state index contributed by atoms with van der Waals surface area (Å²) >= 11 is 6.67. The first-order chi connectivity index (χ1) is 19.5. The zero-order valence-electron chi connectivity index (χ0n) is 22.6. The smallest absolute Gasteiger partial charge is 0.416 e. The largest absolute Gasteiger partial charge is 0.450 e. The lowest BCUT2D eigenvalue weighted by Crippen LogP contribution is -2.31. The molecule has 2 aliphatic rings. The van der Waals surface area contributed by atoms with Gasteiger partial charge in [0.15, 0.2) is 17.2 Å². The third kappa shape index (κ3) is 6.21. The molecule has 0 spiro atoms. The van der Waals surface area contributed by atoms with E-state index < -0.39 is 11.7 Å². The highest BCUT2D eigenvalue weighted by molar-refractivity contribution is 6.36. The Hall–Kier alpha value is -3.94. The van der Waals surface area contributed by atoms with Gasteiger partial charge in [-0.25, -0.2) is 4.98 Å². The molecule has 5 rings (SSSR count). The van der Waals surface area contributed by atoms with Crippen LogP contribution in [0.2, 0.25) is 5.02 Å². The third-order valence-electron chi connectivity index (χ3n) is 6.98. The van der Waals surface area contributed by atoms with Crippen molar-refractivity contribution in [3.8, 4) is 5.75 Å². The first-order valence-corrected chi connectivity index (χ1v) is 13.2. The molecule has 2 aromatic heterocycles. The fourth-order valence-corrected chi connectivity index (χ4v) is 5.12. The average molecular weight is 588 g/mol. The van der Waals surface area contributed by atoms with E-state index in [-0.39, 0.29) is 33.8 Å². The molecule has 0 saturated carbocycles. The van der Waals surface area contributed by atoms with Crippen molar-refractivity contribution in [3.63, 3.8) is 0 Å². The molecular weight excluding hydrogens is 559 g/mol. The number of rotatable bonds is 8. The van der Waals surface area contributed by atoms with Crippen molar-refractivity contribution >= 4 is 46.8 Å². The van der Waals surface area contributed by atoms with Crippen molar-refractivity contribution in [2.24, 2.45) is 12.0 Å². The number of benzene rings is 1. The van der Waals surface area contributed by atoms with Crippen LogP contribution in [0.25, 0.3) is 11.2 Å². The number of aliphatic imine (C=N–C) groups is 1. The summed E-state index contributed by atoms with van der Waals surface area (Å²) in [6.45, 7) is 2.01. The monoisotopic (exact) mass is 587 g/mol. The van der Waals surface area contributed by atoms with E-state index >= 15 is 0 Å². The number of ether oxygens (including phenoxy) is 1. The van der Waals surface area contributed by atoms with Crippen LogP contribution in [0, 0.1) is 5.41 Å². The summed E-state index contributed by atoms with van der Waals surface area (Å²) in [5, 5.41) is 13.9. The van der Waals surface area contributed by atoms with Crippen LogP contribution in [0.1, 0.15) is 17.5 Å². The third-order valence-corrected chi connectivity index (χ3v) is 7.35. The van der Waals surface area contributed by atoms with E-state index in [0.29, 0.717) is 29.4 Å². The van der Waals surface area contributed by atoms with Crippen molar-refractivity contribution in [2.75, 3.05) is 32.5 Å². The van der Waals surface area contributed by atoms with Gasteiger partial charge in [0.1, 0.15) is 16.2 Å². The number of likely N-dealkylation sites (tertiary alicyclic amines) is 1. The predicted molar refractivity (Wildman–Crippen MR) is 153 cm³/mol. The van der Waals surface area contributed by atoms with Crippen molar-refractivity contribution in [1.29, 1.82) is 5.41 Å². The van der Waals surface area contributed by atoms with Crippen LogP contribution in [0.3, 0.4) is 0 Å². The number of anilines is 2. The summed E-state index contributed by atoms with van der Waals surface area (Å²) in [5.41, 5.74) is 1.19. The van der Waals surface area contributed by atoms with Gasteiger partial charge in [-0.05, 0) is 44.3 Å². The average Bonchev–Trinajstić information content (AvgIpc) is 3.53. The molecule has 1 atom stereocenters. The number of allylic oxidation sites excluding steroid dienone is 2. The second-order valence-corrected chi connectivity index (χ2v) is 10.4. The van der Waals surface area contributed by atoms with Crippen molar-refractivity contribution in [2.45, 2.75) is 25.2 Å². The van der Waals surface area contributed by atoms with Gasteiger partial charge in [0.2, 0.25) is 5.95 Å². The summed E-state index contributed by atoms with van der Waals surface area (Å²) in [7, 11) is 5.70. The van der Waals surface area contributed by atoms with Crippen LogP contribution < -0.4 is 15.4 Å². The van der Waals surface area contributed by atoms with Gasteiger partial charge in [-0.2, -0.15) is 18.2 Å². The number of alkyl halides is 3. The summed E-state index contributed by atoms with van der Waals surface area (Å²) < 4.78 is 48.9. The van der Waals surface area contributed by atoms with Crippen LogP contribution >= 0.6 is 11.6 Å². The molecule has 0 aliphatic carbocycles. The number of aryl methyl sites for hydroxylation is 1. The van der Waals surface area contributed by atoms with Crippen LogP contribution in [0.4, 0.5) is 24.8 Å². The lowest BCUT2D eigenvalue weighted by atomic mass is 10.1. The maximum Gasteiger partial charge on any atom is 0.416 e. The quantitative estimate of drug-likeness (QED) is 0.254. The van der Waals surface area contributed by atoms with E-state index in [1.54, 1.807) is 30.1 Å². The first-order valence-electron chi connectivity index (χ1n) is 12.8. The summed E-state index contributed by atoms with van der Waals surface area (Å²) in [5.74, 6) is 0.586. The van der Waals surface area contributed by atoms with Crippen LogP contribution in [-0.4, -0.2) is 70.0 Å². The molecule has 10 nitrogen and oxygen atoms in total. The molecule has 3 aromatic rings. The van der Waals surface area contributed by atoms with Gasteiger partial charge in [0.05, 0.1) is 24.2 Å². The highest BCUT2D eigenvalue weighted by atomic mass is 35.5. The number of fused-ring (bicyclic) bond motifs is 1. The SMILES string of the molecule is CN(C)C1CCN(Cc2cc(Nc3nc4ncc(O/C(C=N)=C5\C=NC=CN5)c(Cl)c4n3C)cc(C(F)(F)F)c2)C1. The molecule has 4 heterocycles. The van der Waals surface area contributed by atoms with Crippen molar-refractivity contribution < 1.29 is 17.9 Å². The van der Waals surface area contributed by atoms with Gasteiger partial charge in [-0.15, -0.1) is 0 Å². The molecule has 1 aromatic carbocycles. The summed E-state index contributed by atoms with van der Waals surface area (Å²) in [6.07, 6.45) is 3.49. The van der Waals surface area contributed by atoms with E-state index in [1.165, 1.54) is 18.5 Å². The maximum atomic E-state index is 13.8. The fourth-order valence-electron chi connectivity index (χ4n) is 4.82. The lowest BCUT2D eigenvalue weighted by molar-refractivity contribution is -0.137. The van der Waals surface area contributed by atoms with E-state index in [4.69, 9.17) is 21.7 Å². The van der Waals surface area contributed by atoms with Gasteiger partial charge in [-0.1, -0.05) is 11.6 Å². The Balaban J connectivity index is 1.44. The highest BCUT2D eigenvalue weighted by Crippen LogP contribution is 2.36. The van der Waals surface area contributed by atoms with Crippen molar-refractivity contribution in [3.05, 3.63) is 64.4 Å². The second kappa shape index (κ2) is 11.5. The number of likely N-dealkylation sites (N-methyl/N-ethyl adjacent to an activating group) is 1. The summed E-state index contributed by atoms with van der Waals surface area (Å²) in [6, 6.07) is 4.34. The number of nitrogens with zero attached hydrogens (tertiary/aromatic N) is 6. The van der Waals surface area contributed by atoms with E-state index in [0.717, 1.165) is 31.8 Å². The molecule has 1 saturated heterocycles. The van der Waals surface area contributed by atoms with Crippen LogP contribution in [-0.2, 0) is 19.8 Å². The van der Waals surface area contributed by atoms with E-state index in [1.807, 2.05) is 14.1 Å². The normalized spacial score (nSPS) is 18.7.